The summed E-state index contributed by atoms with van der Waals surface area (Å²) < 4.78 is 16.6. The molecule has 1 aliphatic carbocycles. The molecule has 1 heterocycles. The van der Waals surface area contributed by atoms with E-state index in [1.165, 1.54) is 7.11 Å². The van der Waals surface area contributed by atoms with E-state index in [1.807, 2.05) is 12.1 Å². The number of hydrogen-bond acceptors (Lipinski definition) is 7. The molecule has 4 N–H and O–H groups in total. The average molecular weight is 520 g/mol. The van der Waals surface area contributed by atoms with Crippen LogP contribution in [0.15, 0.2) is 12.1 Å². The number of amides is 3. The van der Waals surface area contributed by atoms with Gasteiger partial charge in [-0.05, 0) is 62.1 Å². The molecular weight excluding hydrogens is 478 g/mol. The van der Waals surface area contributed by atoms with Gasteiger partial charge < -0.3 is 35.3 Å². The van der Waals surface area contributed by atoms with E-state index < -0.39 is 29.8 Å². The number of methoxy groups -OCH3 is 3. The third-order valence-corrected chi connectivity index (χ3v) is 7.60. The minimum Gasteiger partial charge on any atom is -0.493 e. The predicted octanol–water partition coefficient (Wildman–Crippen LogP) is 2.11. The molecule has 1 saturated carbocycles. The summed E-state index contributed by atoms with van der Waals surface area (Å²) in [4.78, 5) is 41.0. The second-order valence-electron chi connectivity index (χ2n) is 9.85. The van der Waals surface area contributed by atoms with Crippen molar-refractivity contribution in [3.63, 3.8) is 0 Å². The molecule has 3 atom stereocenters. The molecule has 1 aromatic rings. The van der Waals surface area contributed by atoms with Crippen LogP contribution in [0.3, 0.4) is 0 Å². The lowest BCUT2D eigenvalue weighted by Crippen LogP contribution is -2.57. The first-order valence-corrected chi connectivity index (χ1v) is 13.2. The molecule has 3 amide bonds. The van der Waals surface area contributed by atoms with Crippen molar-refractivity contribution < 1.29 is 33.7 Å². The van der Waals surface area contributed by atoms with Gasteiger partial charge in [-0.15, -0.1) is 0 Å². The summed E-state index contributed by atoms with van der Waals surface area (Å²) in [5.41, 5.74) is 6.19. The largest absolute Gasteiger partial charge is 0.493 e. The number of aliphatic hydroxyl groups is 1. The van der Waals surface area contributed by atoms with Crippen LogP contribution in [-0.2, 0) is 14.4 Å². The molecule has 0 radical (unpaired) electrons. The minimum absolute atomic E-state index is 0.0257. The topological polar surface area (TPSA) is 140 Å². The molecule has 206 valence electrons. The van der Waals surface area contributed by atoms with E-state index in [9.17, 15) is 19.5 Å². The van der Waals surface area contributed by atoms with Gasteiger partial charge in [0.1, 0.15) is 12.1 Å². The van der Waals surface area contributed by atoms with Gasteiger partial charge in [0.05, 0.1) is 27.2 Å². The van der Waals surface area contributed by atoms with Gasteiger partial charge in [0.2, 0.25) is 23.5 Å². The van der Waals surface area contributed by atoms with E-state index in [-0.39, 0.29) is 24.9 Å². The Morgan fingerprint density at radius 1 is 1.00 bits per heavy atom. The van der Waals surface area contributed by atoms with E-state index in [4.69, 9.17) is 19.9 Å². The van der Waals surface area contributed by atoms with Crippen molar-refractivity contribution in [2.45, 2.75) is 75.8 Å². The average Bonchev–Trinajstić information content (AvgIpc) is 2.92. The summed E-state index contributed by atoms with van der Waals surface area (Å²) in [6.07, 6.45) is 7.16. The Morgan fingerprint density at radius 3 is 2.16 bits per heavy atom. The fourth-order valence-corrected chi connectivity index (χ4v) is 5.69. The number of hydrogen-bond donors (Lipinski definition) is 3. The Hall–Kier alpha value is -3.01. The van der Waals surface area contributed by atoms with Crippen LogP contribution in [0, 0.1) is 5.92 Å². The van der Waals surface area contributed by atoms with E-state index in [0.29, 0.717) is 30.2 Å². The zero-order valence-corrected chi connectivity index (χ0v) is 22.2. The van der Waals surface area contributed by atoms with Crippen LogP contribution >= 0.6 is 0 Å². The van der Waals surface area contributed by atoms with Crippen LogP contribution in [-0.4, -0.2) is 74.3 Å². The van der Waals surface area contributed by atoms with Crippen LogP contribution in [0.1, 0.15) is 69.3 Å². The summed E-state index contributed by atoms with van der Waals surface area (Å²) in [6, 6.07) is 1.97. The zero-order valence-electron chi connectivity index (χ0n) is 22.2. The molecule has 3 rings (SSSR count). The molecule has 2 fully saturated rings. The Balaban J connectivity index is 1.98. The van der Waals surface area contributed by atoms with Gasteiger partial charge in [0, 0.05) is 13.2 Å². The van der Waals surface area contributed by atoms with E-state index in [2.05, 4.69) is 5.32 Å². The van der Waals surface area contributed by atoms with Crippen molar-refractivity contribution in [3.05, 3.63) is 17.7 Å². The molecule has 1 aliphatic heterocycles. The maximum atomic E-state index is 14.3. The Bertz CT molecular complexity index is 923. The van der Waals surface area contributed by atoms with Gasteiger partial charge in [-0.2, -0.15) is 0 Å². The van der Waals surface area contributed by atoms with Gasteiger partial charge in [-0.25, -0.2) is 0 Å². The molecule has 0 bridgehead atoms. The molecule has 10 heteroatoms. The third kappa shape index (κ3) is 6.66. The van der Waals surface area contributed by atoms with E-state index in [1.54, 1.807) is 19.1 Å². The number of likely N-dealkylation sites (tertiary alicyclic amines) is 1. The number of rotatable bonds is 11. The standard InChI is InChI=1S/C27H41N3O7/c1-35-21-15-18(16-22(36-2)24(21)37-3)23(17-9-5-4-6-10-17)27(34)30-13-8-7-11-20(30)26(33)29-19(12-14-31)25(28)32/h15-17,19-20,23,31H,4-14H2,1-3H3,(H2,28,32)(H,29,33)/t19?,20-,23?/m0/s1. The number of aliphatic hydroxyl groups excluding tert-OH is 1. The monoisotopic (exact) mass is 519 g/mol. The fraction of sp³-hybridized carbons (Fsp3) is 0.667. The second kappa shape index (κ2) is 13.5. The molecule has 2 aliphatic rings. The van der Waals surface area contributed by atoms with Crippen LogP contribution in [0.5, 0.6) is 17.2 Å². The normalized spacial score (nSPS) is 20.0. The van der Waals surface area contributed by atoms with Crippen molar-refractivity contribution in [1.29, 1.82) is 0 Å². The molecule has 2 unspecified atom stereocenters. The van der Waals surface area contributed by atoms with Crippen molar-refractivity contribution >= 4 is 17.7 Å². The lowest BCUT2D eigenvalue weighted by Gasteiger charge is -2.40. The third-order valence-electron chi connectivity index (χ3n) is 7.60. The molecule has 1 saturated heterocycles. The van der Waals surface area contributed by atoms with Crippen molar-refractivity contribution in [1.82, 2.24) is 10.2 Å². The highest BCUT2D eigenvalue weighted by atomic mass is 16.5. The van der Waals surface area contributed by atoms with Crippen LogP contribution in [0.4, 0.5) is 0 Å². The molecule has 1 aromatic carbocycles. The van der Waals surface area contributed by atoms with Gasteiger partial charge in [-0.1, -0.05) is 19.3 Å². The van der Waals surface area contributed by atoms with Crippen LogP contribution < -0.4 is 25.3 Å². The number of carbonyl (C=O) groups excluding carboxylic acids is 3. The van der Waals surface area contributed by atoms with Gasteiger partial charge in [0.15, 0.2) is 11.5 Å². The van der Waals surface area contributed by atoms with Crippen molar-refractivity contribution in [2.24, 2.45) is 11.7 Å². The fourth-order valence-electron chi connectivity index (χ4n) is 5.69. The number of primary amides is 1. The highest BCUT2D eigenvalue weighted by Crippen LogP contribution is 2.45. The Labute approximate surface area is 218 Å². The van der Waals surface area contributed by atoms with E-state index >= 15 is 0 Å². The van der Waals surface area contributed by atoms with Crippen LogP contribution in [0.25, 0.3) is 0 Å². The number of piperidine rings is 1. The summed E-state index contributed by atoms with van der Waals surface area (Å²) in [5.74, 6) is -0.196. The van der Waals surface area contributed by atoms with E-state index in [0.717, 1.165) is 50.5 Å². The molecule has 0 spiro atoms. The van der Waals surface area contributed by atoms with Crippen LogP contribution in [0.2, 0.25) is 0 Å². The number of nitrogens with zero attached hydrogens (tertiary/aromatic N) is 1. The molecule has 37 heavy (non-hydrogen) atoms. The highest BCUT2D eigenvalue weighted by molar-refractivity contribution is 5.93. The zero-order chi connectivity index (χ0) is 26.9. The lowest BCUT2D eigenvalue weighted by atomic mass is 9.75. The quantitative estimate of drug-likeness (QED) is 0.407. The number of carbonyl (C=O) groups is 3. The van der Waals surface area contributed by atoms with Crippen molar-refractivity contribution in [3.8, 4) is 17.2 Å². The number of nitrogens with one attached hydrogen (secondary N) is 1. The maximum absolute atomic E-state index is 14.3. The molecular formula is C27H41N3O7. The first-order chi connectivity index (χ1) is 17.9. The second-order valence-corrected chi connectivity index (χ2v) is 9.85. The summed E-state index contributed by atoms with van der Waals surface area (Å²) in [6.45, 7) is 0.165. The number of benzene rings is 1. The minimum atomic E-state index is -0.986. The lowest BCUT2D eigenvalue weighted by molar-refractivity contribution is -0.145. The first-order valence-electron chi connectivity index (χ1n) is 13.2. The SMILES string of the molecule is COc1cc(C(C(=O)N2CCCC[C@H]2C(=O)NC(CCO)C(N)=O)C2CCCCC2)cc(OC)c1OC. The van der Waals surface area contributed by atoms with Crippen molar-refractivity contribution in [2.75, 3.05) is 34.5 Å². The highest BCUT2D eigenvalue weighted by Gasteiger charge is 2.40. The summed E-state index contributed by atoms with van der Waals surface area (Å²) in [5, 5.41) is 11.9. The summed E-state index contributed by atoms with van der Waals surface area (Å²) in [7, 11) is 4.63. The molecule has 0 aromatic heterocycles. The van der Waals surface area contributed by atoms with Gasteiger partial charge >= 0.3 is 0 Å². The molecule has 10 nitrogen and oxygen atoms in total. The maximum Gasteiger partial charge on any atom is 0.243 e. The Morgan fingerprint density at radius 2 is 1.62 bits per heavy atom. The Kier molecular flexibility index (Phi) is 10.4. The number of nitrogens with two attached hydrogens (primary N) is 1. The van der Waals surface area contributed by atoms with Gasteiger partial charge in [0.25, 0.3) is 0 Å². The number of ether oxygens (including phenoxy) is 3. The van der Waals surface area contributed by atoms with Gasteiger partial charge in [-0.3, -0.25) is 14.4 Å². The first kappa shape index (κ1) is 28.6. The smallest absolute Gasteiger partial charge is 0.243 e. The predicted molar refractivity (Wildman–Crippen MR) is 138 cm³/mol. The summed E-state index contributed by atoms with van der Waals surface area (Å²) >= 11 is 0.